The number of carboxylic acids is 1. The minimum atomic E-state index is -0.983. The zero-order chi connectivity index (χ0) is 16.7. The van der Waals surface area contributed by atoms with Gasteiger partial charge >= 0.3 is 13.1 Å². The predicted molar refractivity (Wildman–Crippen MR) is 93.1 cm³/mol. The molecule has 2 atom stereocenters. The quantitative estimate of drug-likeness (QED) is 0.543. The Balaban J connectivity index is 1.50. The van der Waals surface area contributed by atoms with Crippen molar-refractivity contribution < 1.29 is 19.6 Å². The highest BCUT2D eigenvalue weighted by atomic mass is 32.2. The second-order valence-electron chi connectivity index (χ2n) is 6.62. The number of piperazine rings is 1. The SMILES string of the molecule is O=C(O)c1c(SCCN2CCNCC2)ccc2c1OB(O)C1CC21. The molecule has 0 spiro atoms. The molecule has 0 amide bonds. The van der Waals surface area contributed by atoms with E-state index in [1.807, 2.05) is 12.1 Å². The molecular weight excluding hydrogens is 327 g/mol. The number of carboxylic acid groups (broad SMARTS) is 1. The highest BCUT2D eigenvalue weighted by Gasteiger charge is 2.54. The van der Waals surface area contributed by atoms with Gasteiger partial charge in [-0.3, -0.25) is 4.90 Å². The van der Waals surface area contributed by atoms with E-state index in [0.29, 0.717) is 5.75 Å². The summed E-state index contributed by atoms with van der Waals surface area (Å²) < 4.78 is 5.56. The number of nitrogens with one attached hydrogen (secondary N) is 1. The average Bonchev–Trinajstić information content (AvgIpc) is 3.37. The summed E-state index contributed by atoms with van der Waals surface area (Å²) in [6, 6.07) is 3.88. The Kier molecular flexibility index (Phi) is 4.47. The average molecular weight is 348 g/mol. The summed E-state index contributed by atoms with van der Waals surface area (Å²) in [6.45, 7) is 5.04. The molecule has 24 heavy (non-hydrogen) atoms. The van der Waals surface area contributed by atoms with Crippen LogP contribution in [0.15, 0.2) is 17.0 Å². The van der Waals surface area contributed by atoms with Crippen molar-refractivity contribution in [1.82, 2.24) is 10.2 Å². The van der Waals surface area contributed by atoms with Crippen LogP contribution in [0.3, 0.4) is 0 Å². The third-order valence-corrected chi connectivity index (χ3v) is 6.12. The fraction of sp³-hybridized carbons (Fsp3) is 0.562. The molecule has 2 unspecified atom stereocenters. The summed E-state index contributed by atoms with van der Waals surface area (Å²) in [7, 11) is -0.873. The van der Waals surface area contributed by atoms with Crippen molar-refractivity contribution in [1.29, 1.82) is 0 Å². The maximum Gasteiger partial charge on any atom is 0.526 e. The molecular formula is C16H21BN2O4S. The first-order chi connectivity index (χ1) is 11.6. The Hall–Kier alpha value is -1.22. The lowest BCUT2D eigenvalue weighted by Gasteiger charge is -2.27. The number of nitrogens with zero attached hydrogens (tertiary/aromatic N) is 1. The Morgan fingerprint density at radius 1 is 1.42 bits per heavy atom. The lowest BCUT2D eigenvalue weighted by molar-refractivity contribution is 0.0690. The molecule has 1 saturated heterocycles. The summed E-state index contributed by atoms with van der Waals surface area (Å²) in [5.74, 6) is 0.615. The van der Waals surface area contributed by atoms with Crippen LogP contribution in [-0.4, -0.2) is 66.6 Å². The summed E-state index contributed by atoms with van der Waals surface area (Å²) in [6.07, 6.45) is 0.878. The molecule has 0 radical (unpaired) electrons. The van der Waals surface area contributed by atoms with Crippen molar-refractivity contribution in [2.75, 3.05) is 38.5 Å². The van der Waals surface area contributed by atoms with Crippen LogP contribution in [0.25, 0.3) is 0 Å². The van der Waals surface area contributed by atoms with Crippen molar-refractivity contribution in [3.63, 3.8) is 0 Å². The topological polar surface area (TPSA) is 82.0 Å². The highest BCUT2D eigenvalue weighted by Crippen LogP contribution is 2.60. The first kappa shape index (κ1) is 16.3. The number of hydrogen-bond donors (Lipinski definition) is 3. The minimum Gasteiger partial charge on any atom is -0.535 e. The second-order valence-corrected chi connectivity index (χ2v) is 7.75. The maximum absolute atomic E-state index is 11.8. The van der Waals surface area contributed by atoms with E-state index < -0.39 is 13.1 Å². The molecule has 1 aromatic rings. The number of aromatic carboxylic acids is 1. The lowest BCUT2D eigenvalue weighted by Crippen LogP contribution is -2.44. The minimum absolute atomic E-state index is 0.130. The first-order valence-corrected chi connectivity index (χ1v) is 9.44. The van der Waals surface area contributed by atoms with Gasteiger partial charge in [0.15, 0.2) is 0 Å². The van der Waals surface area contributed by atoms with E-state index in [9.17, 15) is 14.9 Å². The van der Waals surface area contributed by atoms with Gasteiger partial charge in [-0.15, -0.1) is 11.8 Å². The molecule has 2 aliphatic heterocycles. The normalized spacial score (nSPS) is 25.6. The van der Waals surface area contributed by atoms with E-state index in [0.717, 1.165) is 55.4 Å². The van der Waals surface area contributed by atoms with Gasteiger partial charge in [0.1, 0.15) is 11.3 Å². The van der Waals surface area contributed by atoms with Crippen LogP contribution in [0.5, 0.6) is 5.75 Å². The van der Waals surface area contributed by atoms with E-state index in [4.69, 9.17) is 4.65 Å². The molecule has 2 heterocycles. The molecule has 0 bridgehead atoms. The van der Waals surface area contributed by atoms with E-state index in [2.05, 4.69) is 10.2 Å². The Morgan fingerprint density at radius 3 is 2.96 bits per heavy atom. The van der Waals surface area contributed by atoms with Gasteiger partial charge in [-0.25, -0.2) is 4.79 Å². The monoisotopic (exact) mass is 348 g/mol. The molecule has 0 aromatic heterocycles. The molecule has 3 aliphatic rings. The highest BCUT2D eigenvalue weighted by molar-refractivity contribution is 7.99. The fourth-order valence-corrected chi connectivity index (χ4v) is 4.70. The fourth-order valence-electron chi connectivity index (χ4n) is 3.64. The molecule has 1 aliphatic carbocycles. The van der Waals surface area contributed by atoms with Crippen LogP contribution >= 0.6 is 11.8 Å². The van der Waals surface area contributed by atoms with E-state index in [-0.39, 0.29) is 17.3 Å². The van der Waals surface area contributed by atoms with Gasteiger partial charge in [-0.1, -0.05) is 6.07 Å². The number of carbonyl (C=O) groups is 1. The van der Waals surface area contributed by atoms with Crippen molar-refractivity contribution in [3.8, 4) is 5.75 Å². The van der Waals surface area contributed by atoms with E-state index >= 15 is 0 Å². The van der Waals surface area contributed by atoms with Crippen molar-refractivity contribution >= 4 is 24.8 Å². The van der Waals surface area contributed by atoms with E-state index in [1.54, 1.807) is 11.8 Å². The number of hydrogen-bond acceptors (Lipinski definition) is 6. The zero-order valence-electron chi connectivity index (χ0n) is 13.4. The number of fused-ring (bicyclic) bond motifs is 3. The molecule has 1 saturated carbocycles. The third kappa shape index (κ3) is 3.03. The van der Waals surface area contributed by atoms with Gasteiger partial charge in [0, 0.05) is 49.2 Å². The molecule has 4 rings (SSSR count). The van der Waals surface area contributed by atoms with Gasteiger partial charge in [-0.2, -0.15) is 0 Å². The van der Waals surface area contributed by atoms with Gasteiger partial charge in [0.25, 0.3) is 0 Å². The predicted octanol–water partition coefficient (Wildman–Crippen LogP) is 1.11. The largest absolute Gasteiger partial charge is 0.535 e. The Morgan fingerprint density at radius 2 is 2.21 bits per heavy atom. The number of benzene rings is 1. The maximum atomic E-state index is 11.8. The summed E-state index contributed by atoms with van der Waals surface area (Å²) in [5.41, 5.74) is 1.15. The van der Waals surface area contributed by atoms with Crippen molar-refractivity contribution in [3.05, 3.63) is 23.3 Å². The van der Waals surface area contributed by atoms with Crippen molar-refractivity contribution in [2.24, 2.45) is 0 Å². The summed E-state index contributed by atoms with van der Waals surface area (Å²) >= 11 is 1.55. The van der Waals surface area contributed by atoms with Crippen LogP contribution in [0.1, 0.15) is 28.3 Å². The molecule has 6 nitrogen and oxygen atoms in total. The summed E-state index contributed by atoms with van der Waals surface area (Å²) in [5, 5.41) is 23.0. The molecule has 3 N–H and O–H groups in total. The molecule has 1 aromatic carbocycles. The van der Waals surface area contributed by atoms with E-state index in [1.165, 1.54) is 0 Å². The van der Waals surface area contributed by atoms with Crippen molar-refractivity contribution in [2.45, 2.75) is 23.1 Å². The van der Waals surface area contributed by atoms with Crippen LogP contribution < -0.4 is 9.97 Å². The van der Waals surface area contributed by atoms with Gasteiger partial charge in [-0.05, 0) is 24.0 Å². The van der Waals surface area contributed by atoms with Gasteiger partial charge < -0.3 is 20.1 Å². The van der Waals surface area contributed by atoms with Gasteiger partial charge in [0.05, 0.1) is 0 Å². The number of thioether (sulfide) groups is 1. The smallest absolute Gasteiger partial charge is 0.526 e. The zero-order valence-corrected chi connectivity index (χ0v) is 14.2. The molecule has 128 valence electrons. The Labute approximate surface area is 145 Å². The lowest BCUT2D eigenvalue weighted by atomic mass is 9.77. The molecule has 8 heteroatoms. The van der Waals surface area contributed by atoms with Crippen LogP contribution in [0.2, 0.25) is 5.82 Å². The standard InChI is InChI=1S/C16H21BN2O4S/c20-16(21)14-13(24-8-7-19-5-3-18-4-6-19)2-1-10-11-9-12(11)17(22)23-15(10)14/h1-2,11-12,18,22H,3-9H2,(H,20,21). The third-order valence-electron chi connectivity index (χ3n) is 5.08. The summed E-state index contributed by atoms with van der Waals surface area (Å²) in [4.78, 5) is 14.9. The van der Waals surface area contributed by atoms with Crippen LogP contribution in [0, 0.1) is 0 Å². The second kappa shape index (κ2) is 6.59. The first-order valence-electron chi connectivity index (χ1n) is 8.46. The van der Waals surface area contributed by atoms with Gasteiger partial charge in [0.2, 0.25) is 0 Å². The van der Waals surface area contributed by atoms with Crippen LogP contribution in [-0.2, 0) is 0 Å². The molecule has 2 fully saturated rings. The number of rotatable bonds is 5. The Bertz CT molecular complexity index is 653. The van der Waals surface area contributed by atoms with Crippen LogP contribution in [0.4, 0.5) is 0 Å².